The maximum atomic E-state index is 13.9. The minimum atomic E-state index is -4.25. The largest absolute Gasteiger partial charge is 0.352 e. The van der Waals surface area contributed by atoms with Crippen LogP contribution in [0.4, 0.5) is 8.78 Å². The normalized spacial score (nSPS) is 24.8. The van der Waals surface area contributed by atoms with Crippen LogP contribution in [0.1, 0.15) is 32.6 Å². The molecule has 1 N–H and O–H groups in total. The van der Waals surface area contributed by atoms with Crippen molar-refractivity contribution in [2.75, 3.05) is 32.7 Å². The summed E-state index contributed by atoms with van der Waals surface area (Å²) in [6.07, 6.45) is 4.44. The van der Waals surface area contributed by atoms with Crippen LogP contribution in [-0.4, -0.2) is 62.3 Å². The van der Waals surface area contributed by atoms with Crippen molar-refractivity contribution >= 4 is 15.9 Å². The summed E-state index contributed by atoms with van der Waals surface area (Å²) in [5, 5.41) is 3.09. The number of carbonyl (C=O) groups is 1. The van der Waals surface area contributed by atoms with E-state index in [1.807, 2.05) is 4.90 Å². The molecule has 1 heterocycles. The van der Waals surface area contributed by atoms with Gasteiger partial charge in [0.05, 0.1) is 6.54 Å². The quantitative estimate of drug-likeness (QED) is 0.798. The SMILES string of the molecule is C[C@@H]1CCCC[C@@H]1NC(=O)CN1CCN(S(=O)(=O)c2c(F)cccc2F)CC1. The van der Waals surface area contributed by atoms with Gasteiger partial charge in [-0.15, -0.1) is 0 Å². The highest BCUT2D eigenvalue weighted by molar-refractivity contribution is 7.89. The average Bonchev–Trinajstić information content (AvgIpc) is 2.64. The molecule has 0 radical (unpaired) electrons. The van der Waals surface area contributed by atoms with Gasteiger partial charge in [-0.1, -0.05) is 25.8 Å². The summed E-state index contributed by atoms with van der Waals surface area (Å²) in [5.41, 5.74) is 0. The lowest BCUT2D eigenvalue weighted by molar-refractivity contribution is -0.123. The third kappa shape index (κ3) is 4.69. The lowest BCUT2D eigenvalue weighted by Crippen LogP contribution is -2.52. The van der Waals surface area contributed by atoms with E-state index >= 15 is 0 Å². The molecule has 156 valence electrons. The molecule has 2 fully saturated rings. The van der Waals surface area contributed by atoms with E-state index in [1.165, 1.54) is 6.42 Å². The molecular formula is C19H27F2N3O3S. The standard InChI is InChI=1S/C19H27F2N3O3S/c1-14-5-2-3-8-17(14)22-18(25)13-23-9-11-24(12-10-23)28(26,27)19-15(20)6-4-7-16(19)21/h4,6-7,14,17H,2-3,5,8-13H2,1H3,(H,22,25)/t14-,17+/m1/s1. The first-order valence-corrected chi connectivity index (χ1v) is 11.2. The number of rotatable bonds is 5. The molecule has 2 atom stereocenters. The molecule has 0 spiro atoms. The van der Waals surface area contributed by atoms with Gasteiger partial charge in [0.25, 0.3) is 0 Å². The molecule has 1 aliphatic heterocycles. The van der Waals surface area contributed by atoms with E-state index in [0.717, 1.165) is 41.8 Å². The summed E-state index contributed by atoms with van der Waals surface area (Å²) in [6, 6.07) is 3.20. The summed E-state index contributed by atoms with van der Waals surface area (Å²) < 4.78 is 54.1. The third-order valence-electron chi connectivity index (χ3n) is 5.67. The molecule has 1 saturated carbocycles. The van der Waals surface area contributed by atoms with Crippen LogP contribution in [0.5, 0.6) is 0 Å². The van der Waals surface area contributed by atoms with Crippen molar-refractivity contribution < 1.29 is 22.0 Å². The van der Waals surface area contributed by atoms with Crippen LogP contribution in [0.15, 0.2) is 23.1 Å². The van der Waals surface area contributed by atoms with Crippen LogP contribution in [0.2, 0.25) is 0 Å². The number of hydrogen-bond acceptors (Lipinski definition) is 4. The van der Waals surface area contributed by atoms with Gasteiger partial charge in [0, 0.05) is 32.2 Å². The molecule has 1 amide bonds. The molecule has 1 saturated heterocycles. The highest BCUT2D eigenvalue weighted by Gasteiger charge is 2.33. The molecular weight excluding hydrogens is 388 g/mol. The molecule has 1 aliphatic carbocycles. The van der Waals surface area contributed by atoms with Crippen LogP contribution in [0.25, 0.3) is 0 Å². The number of sulfonamides is 1. The Hall–Kier alpha value is -1.58. The van der Waals surface area contributed by atoms with Gasteiger partial charge in [-0.2, -0.15) is 4.31 Å². The summed E-state index contributed by atoms with van der Waals surface area (Å²) in [5.74, 6) is -1.78. The fraction of sp³-hybridized carbons (Fsp3) is 0.632. The second-order valence-electron chi connectivity index (χ2n) is 7.67. The molecule has 9 heteroatoms. The number of amides is 1. The predicted octanol–water partition coefficient (Wildman–Crippen LogP) is 1.97. The first-order chi connectivity index (χ1) is 13.3. The van der Waals surface area contributed by atoms with E-state index in [-0.39, 0.29) is 31.6 Å². The van der Waals surface area contributed by atoms with Crippen molar-refractivity contribution in [1.29, 1.82) is 0 Å². The molecule has 2 aliphatic rings. The highest BCUT2D eigenvalue weighted by atomic mass is 32.2. The minimum absolute atomic E-state index is 0.0600. The second kappa shape index (κ2) is 8.84. The minimum Gasteiger partial charge on any atom is -0.352 e. The van der Waals surface area contributed by atoms with Crippen LogP contribution in [0.3, 0.4) is 0 Å². The molecule has 28 heavy (non-hydrogen) atoms. The zero-order valence-electron chi connectivity index (χ0n) is 16.0. The van der Waals surface area contributed by atoms with Crippen LogP contribution >= 0.6 is 0 Å². The van der Waals surface area contributed by atoms with Crippen molar-refractivity contribution in [3.8, 4) is 0 Å². The van der Waals surface area contributed by atoms with Gasteiger partial charge in [0.15, 0.2) is 4.90 Å². The van der Waals surface area contributed by atoms with E-state index in [1.54, 1.807) is 0 Å². The molecule has 1 aromatic carbocycles. The van der Waals surface area contributed by atoms with Gasteiger partial charge in [0.1, 0.15) is 11.6 Å². The van der Waals surface area contributed by atoms with Crippen LogP contribution in [0, 0.1) is 17.6 Å². The van der Waals surface area contributed by atoms with Crippen LogP contribution < -0.4 is 5.32 Å². The Labute approximate surface area is 164 Å². The number of hydrogen-bond donors (Lipinski definition) is 1. The first kappa shape index (κ1) is 21.1. The highest BCUT2D eigenvalue weighted by Crippen LogP contribution is 2.25. The monoisotopic (exact) mass is 415 g/mol. The molecule has 0 bridgehead atoms. The Bertz CT molecular complexity index is 790. The lowest BCUT2D eigenvalue weighted by atomic mass is 9.86. The fourth-order valence-corrected chi connectivity index (χ4v) is 5.50. The second-order valence-corrected chi connectivity index (χ2v) is 9.54. The number of benzene rings is 1. The average molecular weight is 416 g/mol. The van der Waals surface area contributed by atoms with Crippen LogP contribution in [-0.2, 0) is 14.8 Å². The smallest absolute Gasteiger partial charge is 0.249 e. The molecule has 0 unspecified atom stereocenters. The van der Waals surface area contributed by atoms with Gasteiger partial charge in [-0.25, -0.2) is 17.2 Å². The van der Waals surface area contributed by atoms with E-state index in [2.05, 4.69) is 12.2 Å². The molecule has 1 aromatic rings. The Kier molecular flexibility index (Phi) is 6.67. The summed E-state index contributed by atoms with van der Waals surface area (Å²) >= 11 is 0. The zero-order chi connectivity index (χ0) is 20.3. The van der Waals surface area contributed by atoms with Crippen molar-refractivity contribution in [3.05, 3.63) is 29.8 Å². The van der Waals surface area contributed by atoms with Gasteiger partial charge in [-0.05, 0) is 30.9 Å². The van der Waals surface area contributed by atoms with Gasteiger partial charge < -0.3 is 5.32 Å². The molecule has 6 nitrogen and oxygen atoms in total. The van der Waals surface area contributed by atoms with E-state index < -0.39 is 26.6 Å². The van der Waals surface area contributed by atoms with Crippen molar-refractivity contribution in [2.45, 2.75) is 43.5 Å². The summed E-state index contributed by atoms with van der Waals surface area (Å²) in [7, 11) is -4.25. The number of nitrogens with one attached hydrogen (secondary N) is 1. The Morgan fingerprint density at radius 2 is 1.71 bits per heavy atom. The summed E-state index contributed by atoms with van der Waals surface area (Å²) in [6.45, 7) is 3.19. The third-order valence-corrected chi connectivity index (χ3v) is 7.62. The number of piperazine rings is 1. The van der Waals surface area contributed by atoms with E-state index in [4.69, 9.17) is 0 Å². The number of carbonyl (C=O) groups excluding carboxylic acids is 1. The Morgan fingerprint density at radius 1 is 1.11 bits per heavy atom. The topological polar surface area (TPSA) is 69.7 Å². The predicted molar refractivity (Wildman–Crippen MR) is 101 cm³/mol. The Balaban J connectivity index is 1.55. The summed E-state index contributed by atoms with van der Waals surface area (Å²) in [4.78, 5) is 13.3. The first-order valence-electron chi connectivity index (χ1n) is 9.75. The number of nitrogens with zero attached hydrogens (tertiary/aromatic N) is 2. The van der Waals surface area contributed by atoms with E-state index in [9.17, 15) is 22.0 Å². The fourth-order valence-electron chi connectivity index (χ4n) is 3.97. The van der Waals surface area contributed by atoms with Gasteiger partial charge in [0.2, 0.25) is 15.9 Å². The Morgan fingerprint density at radius 3 is 2.32 bits per heavy atom. The van der Waals surface area contributed by atoms with Crippen molar-refractivity contribution in [3.63, 3.8) is 0 Å². The molecule has 0 aromatic heterocycles. The van der Waals surface area contributed by atoms with Gasteiger partial charge in [-0.3, -0.25) is 9.69 Å². The number of halogens is 2. The van der Waals surface area contributed by atoms with Gasteiger partial charge >= 0.3 is 0 Å². The zero-order valence-corrected chi connectivity index (χ0v) is 16.9. The molecule has 3 rings (SSSR count). The lowest BCUT2D eigenvalue weighted by Gasteiger charge is -2.34. The maximum Gasteiger partial charge on any atom is 0.249 e. The van der Waals surface area contributed by atoms with E-state index in [0.29, 0.717) is 19.0 Å². The maximum absolute atomic E-state index is 13.9. The van der Waals surface area contributed by atoms with Crippen molar-refractivity contribution in [1.82, 2.24) is 14.5 Å². The van der Waals surface area contributed by atoms with Crippen molar-refractivity contribution in [2.24, 2.45) is 5.92 Å².